The van der Waals surface area contributed by atoms with Gasteiger partial charge in [-0.2, -0.15) is 0 Å². The van der Waals surface area contributed by atoms with Gasteiger partial charge in [0.25, 0.3) is 6.85 Å². The second-order valence-corrected chi connectivity index (χ2v) is 3.17. The minimum absolute atomic E-state index is 0.644. The average molecular weight is 145 g/mol. The predicted octanol–water partition coefficient (Wildman–Crippen LogP) is 1.86. The molecule has 2 heterocycles. The van der Waals surface area contributed by atoms with Gasteiger partial charge in [0.15, 0.2) is 0 Å². The minimum atomic E-state index is 0.644. The maximum Gasteiger partial charge on any atom is 0.288 e. The third-order valence-corrected chi connectivity index (χ3v) is 2.40. The van der Waals surface area contributed by atoms with Crippen LogP contribution in [0.15, 0.2) is 36.0 Å². The van der Waals surface area contributed by atoms with Gasteiger partial charge in [-0.1, -0.05) is 23.7 Å². The molecule has 0 saturated heterocycles. The van der Waals surface area contributed by atoms with Gasteiger partial charge >= 0.3 is 0 Å². The minimum Gasteiger partial charge on any atom is -0.419 e. The van der Waals surface area contributed by atoms with Gasteiger partial charge in [-0.25, -0.2) is 0 Å². The van der Waals surface area contributed by atoms with Crippen LogP contribution in [-0.2, 0) is 0 Å². The van der Waals surface area contributed by atoms with Crippen LogP contribution < -0.4 is 0 Å². The molecule has 56 valence electrons. The molecule has 1 nitrogen and oxygen atoms in total. The van der Waals surface area contributed by atoms with Gasteiger partial charge in [0.05, 0.1) is 0 Å². The SMILES string of the molecule is CN1C=CC=C2C=CCCB21. The topological polar surface area (TPSA) is 3.24 Å². The Bertz CT molecular complexity index is 240. The van der Waals surface area contributed by atoms with Gasteiger partial charge in [0.1, 0.15) is 0 Å². The molecule has 2 aliphatic heterocycles. The van der Waals surface area contributed by atoms with Crippen molar-refractivity contribution in [3.05, 3.63) is 36.0 Å². The first-order chi connectivity index (χ1) is 5.38. The molecule has 0 aliphatic carbocycles. The van der Waals surface area contributed by atoms with Crippen LogP contribution in [0.5, 0.6) is 0 Å². The monoisotopic (exact) mass is 145 g/mol. The highest BCUT2D eigenvalue weighted by atomic mass is 15.0. The molecule has 0 aromatic carbocycles. The van der Waals surface area contributed by atoms with E-state index in [0.29, 0.717) is 6.85 Å². The fourth-order valence-corrected chi connectivity index (χ4v) is 1.75. The van der Waals surface area contributed by atoms with Crippen molar-refractivity contribution in [1.29, 1.82) is 0 Å². The highest BCUT2D eigenvalue weighted by molar-refractivity contribution is 6.65. The Labute approximate surface area is 68.2 Å². The van der Waals surface area contributed by atoms with E-state index in [1.807, 2.05) is 0 Å². The molecule has 0 saturated carbocycles. The number of fused-ring (bicyclic) bond motifs is 1. The lowest BCUT2D eigenvalue weighted by atomic mass is 9.48. The molecule has 0 unspecified atom stereocenters. The van der Waals surface area contributed by atoms with E-state index >= 15 is 0 Å². The molecule has 0 amide bonds. The van der Waals surface area contributed by atoms with E-state index in [1.165, 1.54) is 18.2 Å². The smallest absolute Gasteiger partial charge is 0.288 e. The molecule has 0 spiro atoms. The summed E-state index contributed by atoms with van der Waals surface area (Å²) in [5.74, 6) is 0. The number of rotatable bonds is 0. The Morgan fingerprint density at radius 2 is 2.45 bits per heavy atom. The third-order valence-electron chi connectivity index (χ3n) is 2.40. The zero-order valence-electron chi connectivity index (χ0n) is 6.83. The van der Waals surface area contributed by atoms with Crippen molar-refractivity contribution in [3.8, 4) is 0 Å². The second kappa shape index (κ2) is 2.61. The highest BCUT2D eigenvalue weighted by Crippen LogP contribution is 2.21. The molecule has 0 N–H and O–H groups in total. The molecule has 0 radical (unpaired) electrons. The second-order valence-electron chi connectivity index (χ2n) is 3.17. The molecule has 2 rings (SSSR count). The molecular formula is C9H12BN. The van der Waals surface area contributed by atoms with Crippen LogP contribution in [0.1, 0.15) is 6.42 Å². The van der Waals surface area contributed by atoms with Crippen molar-refractivity contribution < 1.29 is 0 Å². The van der Waals surface area contributed by atoms with Crippen LogP contribution in [0.3, 0.4) is 0 Å². The van der Waals surface area contributed by atoms with Gasteiger partial charge < -0.3 is 4.81 Å². The van der Waals surface area contributed by atoms with E-state index in [-0.39, 0.29) is 0 Å². The molecule has 11 heavy (non-hydrogen) atoms. The van der Waals surface area contributed by atoms with Crippen LogP contribution >= 0.6 is 0 Å². The van der Waals surface area contributed by atoms with Crippen molar-refractivity contribution in [1.82, 2.24) is 4.81 Å². The molecule has 2 heteroatoms. The predicted molar refractivity (Wildman–Crippen MR) is 49.3 cm³/mol. The third kappa shape index (κ3) is 1.13. The lowest BCUT2D eigenvalue weighted by molar-refractivity contribution is 0.699. The number of hydrogen-bond acceptors (Lipinski definition) is 1. The largest absolute Gasteiger partial charge is 0.419 e. The van der Waals surface area contributed by atoms with Gasteiger partial charge in [0.2, 0.25) is 0 Å². The first kappa shape index (κ1) is 6.77. The van der Waals surface area contributed by atoms with Gasteiger partial charge in [-0.15, -0.1) is 0 Å². The van der Waals surface area contributed by atoms with Crippen LogP contribution in [0, 0.1) is 0 Å². The molecule has 0 aromatic rings. The molecule has 2 aliphatic rings. The van der Waals surface area contributed by atoms with Crippen molar-refractivity contribution in [3.63, 3.8) is 0 Å². The lowest BCUT2D eigenvalue weighted by Crippen LogP contribution is -2.36. The summed E-state index contributed by atoms with van der Waals surface area (Å²) in [6.45, 7) is 0.644. The number of hydrogen-bond donors (Lipinski definition) is 0. The lowest BCUT2D eigenvalue weighted by Gasteiger charge is -2.28. The highest BCUT2D eigenvalue weighted by Gasteiger charge is 2.24. The van der Waals surface area contributed by atoms with Crippen molar-refractivity contribution in [2.75, 3.05) is 7.05 Å². The fourth-order valence-electron chi connectivity index (χ4n) is 1.75. The molecule has 0 aromatic heterocycles. The summed E-state index contributed by atoms with van der Waals surface area (Å²) in [6.07, 6.45) is 13.5. The van der Waals surface area contributed by atoms with Crippen LogP contribution in [-0.4, -0.2) is 18.7 Å². The summed E-state index contributed by atoms with van der Waals surface area (Å²) in [5, 5.41) is 0. The number of nitrogens with zero attached hydrogens (tertiary/aromatic N) is 1. The normalized spacial score (nSPS) is 21.7. The zero-order valence-corrected chi connectivity index (χ0v) is 6.83. The van der Waals surface area contributed by atoms with E-state index in [1.54, 1.807) is 0 Å². The Kier molecular flexibility index (Phi) is 1.61. The van der Waals surface area contributed by atoms with E-state index in [2.05, 4.69) is 42.4 Å². The summed E-state index contributed by atoms with van der Waals surface area (Å²) >= 11 is 0. The molecular weight excluding hydrogens is 133 g/mol. The summed E-state index contributed by atoms with van der Waals surface area (Å²) in [6, 6.07) is 0. The van der Waals surface area contributed by atoms with Gasteiger partial charge in [0, 0.05) is 0 Å². The van der Waals surface area contributed by atoms with E-state index in [4.69, 9.17) is 0 Å². The average Bonchev–Trinajstić information content (AvgIpc) is 2.06. The Morgan fingerprint density at radius 3 is 3.27 bits per heavy atom. The van der Waals surface area contributed by atoms with Gasteiger partial charge in [-0.05, 0) is 32.1 Å². The van der Waals surface area contributed by atoms with Crippen molar-refractivity contribution in [2.45, 2.75) is 12.7 Å². The molecule has 0 atom stereocenters. The van der Waals surface area contributed by atoms with Crippen molar-refractivity contribution >= 4 is 6.85 Å². The van der Waals surface area contributed by atoms with E-state index < -0.39 is 0 Å². The van der Waals surface area contributed by atoms with Crippen LogP contribution in [0.25, 0.3) is 0 Å². The van der Waals surface area contributed by atoms with Crippen LogP contribution in [0.2, 0.25) is 6.32 Å². The maximum absolute atomic E-state index is 2.29. The summed E-state index contributed by atoms with van der Waals surface area (Å²) in [5.41, 5.74) is 1.46. The first-order valence-corrected chi connectivity index (χ1v) is 4.15. The number of allylic oxidation sites excluding steroid dienone is 5. The van der Waals surface area contributed by atoms with E-state index in [9.17, 15) is 0 Å². The van der Waals surface area contributed by atoms with Crippen LogP contribution in [0.4, 0.5) is 0 Å². The summed E-state index contributed by atoms with van der Waals surface area (Å²) in [7, 11) is 2.15. The van der Waals surface area contributed by atoms with Crippen molar-refractivity contribution in [2.24, 2.45) is 0 Å². The van der Waals surface area contributed by atoms with E-state index in [0.717, 1.165) is 0 Å². The molecule has 0 fully saturated rings. The fraction of sp³-hybridized carbons (Fsp3) is 0.333. The standard InChI is InChI=1S/C9H12BN/c1-11-8-4-6-9-5-2-3-7-10(9)11/h2,4-6,8H,3,7H2,1H3. The maximum atomic E-state index is 2.29. The first-order valence-electron chi connectivity index (χ1n) is 4.15. The zero-order chi connectivity index (χ0) is 7.68. The quantitative estimate of drug-likeness (QED) is 0.470. The van der Waals surface area contributed by atoms with Gasteiger partial charge in [-0.3, -0.25) is 0 Å². The summed E-state index contributed by atoms with van der Waals surface area (Å²) in [4.78, 5) is 2.29. The Hall–Kier alpha value is -0.915. The molecule has 0 bridgehead atoms. The Balaban J connectivity index is 2.29. The Morgan fingerprint density at radius 1 is 1.55 bits per heavy atom. The summed E-state index contributed by atoms with van der Waals surface area (Å²) < 4.78 is 0.